The van der Waals surface area contributed by atoms with Crippen molar-refractivity contribution in [3.05, 3.63) is 21.4 Å². The summed E-state index contributed by atoms with van der Waals surface area (Å²) in [6.45, 7) is 6.13. The van der Waals surface area contributed by atoms with Crippen LogP contribution in [0.5, 0.6) is 0 Å². The first-order valence-corrected chi connectivity index (χ1v) is 4.71. The average molecular weight is 170 g/mol. The van der Waals surface area contributed by atoms with E-state index in [0.717, 1.165) is 11.3 Å². The van der Waals surface area contributed by atoms with Crippen LogP contribution in [0.25, 0.3) is 0 Å². The van der Waals surface area contributed by atoms with Gasteiger partial charge >= 0.3 is 0 Å². The Labute approximate surface area is 71.7 Å². The average Bonchev–Trinajstić information content (AvgIpc) is 2.28. The molecule has 62 valence electrons. The highest BCUT2D eigenvalue weighted by Gasteiger charge is 2.10. The number of aryl methyl sites for hydroxylation is 2. The lowest BCUT2D eigenvalue weighted by Gasteiger charge is -2.04. The Hall–Kier alpha value is -0.340. The van der Waals surface area contributed by atoms with Crippen molar-refractivity contribution in [3.63, 3.8) is 0 Å². The van der Waals surface area contributed by atoms with Crippen LogP contribution in [-0.2, 0) is 0 Å². The van der Waals surface area contributed by atoms with Gasteiger partial charge in [-0.1, -0.05) is 6.92 Å². The lowest BCUT2D eigenvalue weighted by molar-refractivity contribution is 0.177. The van der Waals surface area contributed by atoms with Crippen molar-refractivity contribution in [2.24, 2.45) is 0 Å². The highest BCUT2D eigenvalue weighted by molar-refractivity contribution is 7.12. The summed E-state index contributed by atoms with van der Waals surface area (Å²) >= 11 is 1.70. The lowest BCUT2D eigenvalue weighted by atomic mass is 10.1. The normalized spacial score (nSPS) is 13.5. The quantitative estimate of drug-likeness (QED) is 0.723. The van der Waals surface area contributed by atoms with Crippen LogP contribution in [0.3, 0.4) is 0 Å². The van der Waals surface area contributed by atoms with Crippen molar-refractivity contribution in [2.45, 2.75) is 33.3 Å². The molecular formula is C9H14OS. The molecule has 0 aromatic carbocycles. The molecular weight excluding hydrogens is 156 g/mol. The number of aliphatic hydroxyl groups is 1. The van der Waals surface area contributed by atoms with Gasteiger partial charge in [0.25, 0.3) is 0 Å². The fourth-order valence-corrected chi connectivity index (χ4v) is 2.28. The minimum atomic E-state index is -0.256. The summed E-state index contributed by atoms with van der Waals surface area (Å²) in [4.78, 5) is 2.41. The molecule has 0 fully saturated rings. The summed E-state index contributed by atoms with van der Waals surface area (Å²) < 4.78 is 0. The Bertz CT molecular complexity index is 240. The van der Waals surface area contributed by atoms with E-state index in [-0.39, 0.29) is 6.10 Å². The molecule has 0 aliphatic heterocycles. The summed E-state index contributed by atoms with van der Waals surface area (Å²) in [7, 11) is 0. The molecule has 1 nitrogen and oxygen atoms in total. The molecule has 0 amide bonds. The lowest BCUT2D eigenvalue weighted by Crippen LogP contribution is -1.92. The molecule has 1 atom stereocenters. The van der Waals surface area contributed by atoms with Gasteiger partial charge in [0.1, 0.15) is 0 Å². The van der Waals surface area contributed by atoms with Crippen molar-refractivity contribution < 1.29 is 5.11 Å². The zero-order valence-corrected chi connectivity index (χ0v) is 8.03. The van der Waals surface area contributed by atoms with Crippen LogP contribution in [0, 0.1) is 13.8 Å². The number of thiophene rings is 1. The van der Waals surface area contributed by atoms with Gasteiger partial charge in [0.05, 0.1) is 6.10 Å². The minimum absolute atomic E-state index is 0.256. The minimum Gasteiger partial charge on any atom is -0.388 e. The molecule has 0 saturated carbocycles. The second-order valence-corrected chi connectivity index (χ2v) is 4.12. The van der Waals surface area contributed by atoms with Crippen molar-refractivity contribution in [1.29, 1.82) is 0 Å². The second kappa shape index (κ2) is 3.37. The first-order valence-electron chi connectivity index (χ1n) is 3.90. The summed E-state index contributed by atoms with van der Waals surface area (Å²) in [6.07, 6.45) is 0.551. The SMILES string of the molecule is CCC(O)c1sc(C)cc1C. The van der Waals surface area contributed by atoms with E-state index in [9.17, 15) is 5.11 Å². The van der Waals surface area contributed by atoms with Crippen LogP contribution in [0.2, 0.25) is 0 Å². The Morgan fingerprint density at radius 1 is 1.55 bits per heavy atom. The zero-order chi connectivity index (χ0) is 8.43. The van der Waals surface area contributed by atoms with Gasteiger partial charge in [0.15, 0.2) is 0 Å². The molecule has 0 aliphatic rings. The van der Waals surface area contributed by atoms with Crippen LogP contribution in [0.15, 0.2) is 6.07 Å². The maximum atomic E-state index is 9.53. The molecule has 0 aliphatic carbocycles. The van der Waals surface area contributed by atoms with E-state index < -0.39 is 0 Å². The Balaban J connectivity index is 2.93. The molecule has 1 unspecified atom stereocenters. The van der Waals surface area contributed by atoms with Crippen LogP contribution < -0.4 is 0 Å². The van der Waals surface area contributed by atoms with E-state index >= 15 is 0 Å². The topological polar surface area (TPSA) is 20.2 Å². The predicted molar refractivity (Wildman–Crippen MR) is 49.0 cm³/mol. The zero-order valence-electron chi connectivity index (χ0n) is 7.22. The number of hydrogen-bond donors (Lipinski definition) is 1. The van der Waals surface area contributed by atoms with E-state index in [1.54, 1.807) is 11.3 Å². The molecule has 1 aromatic heterocycles. The third-order valence-electron chi connectivity index (χ3n) is 1.77. The van der Waals surface area contributed by atoms with Gasteiger partial charge in [-0.25, -0.2) is 0 Å². The number of hydrogen-bond acceptors (Lipinski definition) is 2. The largest absolute Gasteiger partial charge is 0.388 e. The maximum absolute atomic E-state index is 9.53. The molecule has 0 bridgehead atoms. The summed E-state index contributed by atoms with van der Waals surface area (Å²) in [5.41, 5.74) is 1.22. The molecule has 1 rings (SSSR count). The van der Waals surface area contributed by atoms with E-state index in [2.05, 4.69) is 19.9 Å². The summed E-state index contributed by atoms with van der Waals surface area (Å²) in [6, 6.07) is 2.12. The standard InChI is InChI=1S/C9H14OS/c1-4-8(10)9-6(2)5-7(3)11-9/h5,8,10H,4H2,1-3H3. The second-order valence-electron chi connectivity index (χ2n) is 2.83. The van der Waals surface area contributed by atoms with Gasteiger partial charge in [-0.3, -0.25) is 0 Å². The van der Waals surface area contributed by atoms with E-state index in [1.807, 2.05) is 6.92 Å². The predicted octanol–water partition coefficient (Wildman–Crippen LogP) is 2.81. The fraction of sp³-hybridized carbons (Fsp3) is 0.556. The molecule has 0 radical (unpaired) electrons. The molecule has 1 aromatic rings. The molecule has 1 heterocycles. The van der Waals surface area contributed by atoms with Gasteiger partial charge < -0.3 is 5.11 Å². The van der Waals surface area contributed by atoms with E-state index in [1.165, 1.54) is 10.4 Å². The monoisotopic (exact) mass is 170 g/mol. The molecule has 2 heteroatoms. The third kappa shape index (κ3) is 1.82. The van der Waals surface area contributed by atoms with Crippen molar-refractivity contribution >= 4 is 11.3 Å². The van der Waals surface area contributed by atoms with Crippen LogP contribution in [0.1, 0.15) is 34.8 Å². The van der Waals surface area contributed by atoms with Crippen LogP contribution in [-0.4, -0.2) is 5.11 Å². The Morgan fingerprint density at radius 2 is 2.18 bits per heavy atom. The number of rotatable bonds is 2. The smallest absolute Gasteiger partial charge is 0.0882 e. The van der Waals surface area contributed by atoms with Gasteiger partial charge in [-0.2, -0.15) is 0 Å². The van der Waals surface area contributed by atoms with Crippen LogP contribution in [0.4, 0.5) is 0 Å². The van der Waals surface area contributed by atoms with Gasteiger partial charge in [0, 0.05) is 9.75 Å². The first-order chi connectivity index (χ1) is 5.15. The summed E-state index contributed by atoms with van der Waals surface area (Å²) in [5, 5.41) is 9.53. The van der Waals surface area contributed by atoms with Crippen molar-refractivity contribution in [1.82, 2.24) is 0 Å². The van der Waals surface area contributed by atoms with E-state index in [0.29, 0.717) is 0 Å². The Kier molecular flexibility index (Phi) is 2.68. The molecule has 0 spiro atoms. The van der Waals surface area contributed by atoms with Gasteiger partial charge in [0.2, 0.25) is 0 Å². The fourth-order valence-electron chi connectivity index (χ4n) is 1.18. The number of aliphatic hydroxyl groups excluding tert-OH is 1. The first kappa shape index (κ1) is 8.75. The maximum Gasteiger partial charge on any atom is 0.0882 e. The van der Waals surface area contributed by atoms with Crippen molar-refractivity contribution in [2.75, 3.05) is 0 Å². The third-order valence-corrected chi connectivity index (χ3v) is 3.02. The summed E-state index contributed by atoms with van der Waals surface area (Å²) in [5.74, 6) is 0. The van der Waals surface area contributed by atoms with Crippen LogP contribution >= 0.6 is 11.3 Å². The highest BCUT2D eigenvalue weighted by Crippen LogP contribution is 2.28. The van der Waals surface area contributed by atoms with E-state index in [4.69, 9.17) is 0 Å². The molecule has 1 N–H and O–H groups in total. The van der Waals surface area contributed by atoms with Gasteiger partial charge in [-0.05, 0) is 31.9 Å². The molecule has 11 heavy (non-hydrogen) atoms. The van der Waals surface area contributed by atoms with Gasteiger partial charge in [-0.15, -0.1) is 11.3 Å². The highest BCUT2D eigenvalue weighted by atomic mass is 32.1. The Morgan fingerprint density at radius 3 is 2.55 bits per heavy atom. The van der Waals surface area contributed by atoms with Crippen molar-refractivity contribution in [3.8, 4) is 0 Å². The molecule has 0 saturated heterocycles.